The molecule has 0 N–H and O–H groups in total. The van der Waals surface area contributed by atoms with Crippen LogP contribution in [0.3, 0.4) is 0 Å². The fourth-order valence-corrected chi connectivity index (χ4v) is 4.02. The SMILES string of the molecule is Cn1c2c(c3ccccc31)C(=O)CC1COc3ccccc3N1C2=O. The third-order valence-electron chi connectivity index (χ3n) is 5.15. The van der Waals surface area contributed by atoms with Crippen LogP contribution >= 0.6 is 0 Å². The van der Waals surface area contributed by atoms with Crippen LogP contribution in [-0.4, -0.2) is 28.9 Å². The lowest BCUT2D eigenvalue weighted by Gasteiger charge is -2.35. The van der Waals surface area contributed by atoms with Crippen LogP contribution in [0.15, 0.2) is 48.5 Å². The molecular formula is C20H16N2O3. The van der Waals surface area contributed by atoms with Crippen molar-refractivity contribution in [3.05, 3.63) is 59.8 Å². The van der Waals surface area contributed by atoms with Crippen molar-refractivity contribution in [3.63, 3.8) is 0 Å². The maximum atomic E-state index is 13.5. The number of nitrogens with zero attached hydrogens (tertiary/aromatic N) is 2. The summed E-state index contributed by atoms with van der Waals surface area (Å²) in [6.45, 7) is 0.334. The van der Waals surface area contributed by atoms with E-state index in [1.165, 1.54) is 0 Å². The second kappa shape index (κ2) is 4.96. The molecule has 3 aromatic rings. The number of hydrogen-bond acceptors (Lipinski definition) is 3. The number of fused-ring (bicyclic) bond motifs is 6. The second-order valence-corrected chi connectivity index (χ2v) is 6.53. The average Bonchev–Trinajstić information content (AvgIpc) is 2.87. The van der Waals surface area contributed by atoms with Crippen molar-refractivity contribution in [2.75, 3.05) is 11.5 Å². The molecule has 0 aliphatic carbocycles. The van der Waals surface area contributed by atoms with Crippen molar-refractivity contribution in [3.8, 4) is 5.75 Å². The van der Waals surface area contributed by atoms with E-state index in [9.17, 15) is 9.59 Å². The van der Waals surface area contributed by atoms with Gasteiger partial charge < -0.3 is 9.30 Å². The first-order valence-corrected chi connectivity index (χ1v) is 8.33. The van der Waals surface area contributed by atoms with E-state index in [1.54, 1.807) is 4.90 Å². The molecule has 1 aromatic heterocycles. The van der Waals surface area contributed by atoms with Crippen LogP contribution < -0.4 is 9.64 Å². The molecule has 3 heterocycles. The monoisotopic (exact) mass is 332 g/mol. The van der Waals surface area contributed by atoms with Crippen LogP contribution in [0, 0.1) is 0 Å². The highest BCUT2D eigenvalue weighted by Crippen LogP contribution is 2.39. The lowest BCUT2D eigenvalue weighted by molar-refractivity contribution is 0.0941. The van der Waals surface area contributed by atoms with E-state index in [2.05, 4.69) is 0 Å². The minimum atomic E-state index is -0.277. The molecule has 0 bridgehead atoms. The van der Waals surface area contributed by atoms with E-state index in [0.717, 1.165) is 16.6 Å². The van der Waals surface area contributed by atoms with Crippen LogP contribution in [0.5, 0.6) is 5.75 Å². The van der Waals surface area contributed by atoms with E-state index < -0.39 is 0 Å². The normalized spacial score (nSPS) is 19.1. The fourth-order valence-electron chi connectivity index (χ4n) is 4.02. The number of ketones is 1. The van der Waals surface area contributed by atoms with Gasteiger partial charge in [-0.3, -0.25) is 14.5 Å². The number of Topliss-reactive ketones (excluding diaryl/α,β-unsaturated/α-hetero) is 1. The first-order valence-electron chi connectivity index (χ1n) is 8.33. The van der Waals surface area contributed by atoms with Crippen LogP contribution in [-0.2, 0) is 7.05 Å². The number of aromatic nitrogens is 1. The Bertz CT molecular complexity index is 1050. The van der Waals surface area contributed by atoms with E-state index >= 15 is 0 Å². The number of benzene rings is 2. The molecule has 1 amide bonds. The maximum absolute atomic E-state index is 13.5. The quantitative estimate of drug-likeness (QED) is 0.635. The maximum Gasteiger partial charge on any atom is 0.276 e. The Morgan fingerprint density at radius 2 is 1.80 bits per heavy atom. The van der Waals surface area contributed by atoms with Gasteiger partial charge in [-0.05, 0) is 18.2 Å². The van der Waals surface area contributed by atoms with Gasteiger partial charge in [0.05, 0.1) is 17.3 Å². The van der Waals surface area contributed by atoms with Crippen LogP contribution in [0.2, 0.25) is 0 Å². The van der Waals surface area contributed by atoms with Gasteiger partial charge in [0.15, 0.2) is 5.78 Å². The molecule has 1 unspecified atom stereocenters. The molecule has 124 valence electrons. The molecule has 5 heteroatoms. The Balaban J connectivity index is 1.80. The van der Waals surface area contributed by atoms with Crippen LogP contribution in [0.25, 0.3) is 10.9 Å². The number of aryl methyl sites for hydroxylation is 1. The number of amides is 1. The first-order chi connectivity index (χ1) is 12.2. The van der Waals surface area contributed by atoms with Crippen molar-refractivity contribution >= 4 is 28.3 Å². The molecule has 0 saturated carbocycles. The highest BCUT2D eigenvalue weighted by atomic mass is 16.5. The van der Waals surface area contributed by atoms with Gasteiger partial charge in [-0.25, -0.2) is 0 Å². The summed E-state index contributed by atoms with van der Waals surface area (Å²) < 4.78 is 7.62. The van der Waals surface area contributed by atoms with Gasteiger partial charge in [-0.2, -0.15) is 0 Å². The standard InChI is InChI=1S/C20H16N2O3/c1-21-14-7-3-2-6-13(14)18-16(23)10-12-11-25-17-9-5-4-8-15(17)22(12)20(24)19(18)21/h2-9,12H,10-11H2,1H3. The number of para-hydroxylation sites is 3. The fraction of sp³-hybridized carbons (Fsp3) is 0.200. The Morgan fingerprint density at radius 1 is 1.04 bits per heavy atom. The zero-order valence-electron chi connectivity index (χ0n) is 13.7. The first kappa shape index (κ1) is 14.3. The summed E-state index contributed by atoms with van der Waals surface area (Å²) in [5.74, 6) is 0.540. The lowest BCUT2D eigenvalue weighted by atomic mass is 10.0. The van der Waals surface area contributed by atoms with Crippen LogP contribution in [0.4, 0.5) is 5.69 Å². The highest BCUT2D eigenvalue weighted by Gasteiger charge is 2.41. The molecule has 0 fully saturated rings. The average molecular weight is 332 g/mol. The van der Waals surface area contributed by atoms with Crippen molar-refractivity contribution in [2.24, 2.45) is 7.05 Å². The molecule has 1 atom stereocenters. The smallest absolute Gasteiger partial charge is 0.276 e. The summed E-state index contributed by atoms with van der Waals surface area (Å²) >= 11 is 0. The minimum absolute atomic E-state index is 0.00405. The zero-order valence-corrected chi connectivity index (χ0v) is 13.7. The van der Waals surface area contributed by atoms with E-state index in [4.69, 9.17) is 4.74 Å². The van der Waals surface area contributed by atoms with Crippen LogP contribution in [0.1, 0.15) is 27.3 Å². The van der Waals surface area contributed by atoms with Gasteiger partial charge in [0.2, 0.25) is 0 Å². The molecule has 25 heavy (non-hydrogen) atoms. The number of carbonyl (C=O) groups is 2. The molecule has 0 spiro atoms. The molecule has 2 aliphatic rings. The van der Waals surface area contributed by atoms with Crippen molar-refractivity contribution in [1.82, 2.24) is 4.57 Å². The second-order valence-electron chi connectivity index (χ2n) is 6.53. The molecule has 2 aromatic carbocycles. The summed E-state index contributed by atoms with van der Waals surface area (Å²) in [7, 11) is 1.85. The molecule has 0 radical (unpaired) electrons. The predicted octanol–water partition coefficient (Wildman–Crippen LogP) is 3.17. The van der Waals surface area contributed by atoms with Crippen molar-refractivity contribution in [2.45, 2.75) is 12.5 Å². The predicted molar refractivity (Wildman–Crippen MR) is 94.4 cm³/mol. The lowest BCUT2D eigenvalue weighted by Crippen LogP contribution is -2.46. The van der Waals surface area contributed by atoms with E-state index in [-0.39, 0.29) is 24.2 Å². The Morgan fingerprint density at radius 3 is 2.68 bits per heavy atom. The minimum Gasteiger partial charge on any atom is -0.489 e. The van der Waals surface area contributed by atoms with Gasteiger partial charge in [0, 0.05) is 24.4 Å². The third kappa shape index (κ3) is 1.83. The van der Waals surface area contributed by atoms with Gasteiger partial charge in [-0.1, -0.05) is 30.3 Å². The summed E-state index contributed by atoms with van der Waals surface area (Å²) in [6.07, 6.45) is 0.265. The molecule has 5 nitrogen and oxygen atoms in total. The summed E-state index contributed by atoms with van der Waals surface area (Å²) in [5, 5.41) is 0.840. The molecule has 0 saturated heterocycles. The van der Waals surface area contributed by atoms with Gasteiger partial charge in [0.1, 0.15) is 18.1 Å². The molecular weight excluding hydrogens is 316 g/mol. The Kier molecular flexibility index (Phi) is 2.83. The summed E-state index contributed by atoms with van der Waals surface area (Å²) in [6, 6.07) is 14.9. The Labute approximate surface area is 144 Å². The van der Waals surface area contributed by atoms with Gasteiger partial charge in [-0.15, -0.1) is 0 Å². The zero-order chi connectivity index (χ0) is 17.1. The van der Waals surface area contributed by atoms with Crippen molar-refractivity contribution in [1.29, 1.82) is 0 Å². The van der Waals surface area contributed by atoms with Gasteiger partial charge >= 0.3 is 0 Å². The number of ether oxygens (including phenoxy) is 1. The van der Waals surface area contributed by atoms with E-state index in [1.807, 2.05) is 60.1 Å². The summed E-state index contributed by atoms with van der Waals surface area (Å²) in [4.78, 5) is 28.2. The number of anilines is 1. The van der Waals surface area contributed by atoms with Crippen molar-refractivity contribution < 1.29 is 14.3 Å². The molecule has 5 rings (SSSR count). The highest BCUT2D eigenvalue weighted by molar-refractivity contribution is 6.22. The Hall–Kier alpha value is -3.08. The summed E-state index contributed by atoms with van der Waals surface area (Å²) in [5.41, 5.74) is 2.63. The number of carbonyl (C=O) groups excluding carboxylic acids is 2. The van der Waals surface area contributed by atoms with Gasteiger partial charge in [0.25, 0.3) is 5.91 Å². The third-order valence-corrected chi connectivity index (χ3v) is 5.15. The topological polar surface area (TPSA) is 51.5 Å². The number of rotatable bonds is 0. The largest absolute Gasteiger partial charge is 0.489 e. The number of hydrogen-bond donors (Lipinski definition) is 0. The molecule has 2 aliphatic heterocycles. The van der Waals surface area contributed by atoms with E-state index in [0.29, 0.717) is 23.6 Å².